The zero-order valence-corrected chi connectivity index (χ0v) is 17.2. The molecule has 1 amide bonds. The standard InChI is InChI=1S/C19H23ClN2O4S/c1-4-5-8-22-14-10-26-11-19(2,24)16(14)27-18(22)21-17(23)13-9-12(20)6-7-15(13)25-3/h6-7,9,24H,4-5,8,10-11H2,1-3H3/b21-18-. The van der Waals surface area contributed by atoms with Crippen LogP contribution < -0.4 is 9.54 Å². The molecule has 1 aromatic carbocycles. The molecule has 146 valence electrons. The number of carbonyl (C=O) groups is 1. The van der Waals surface area contributed by atoms with Crippen LogP contribution in [0.4, 0.5) is 0 Å². The fourth-order valence-electron chi connectivity index (χ4n) is 3.04. The van der Waals surface area contributed by atoms with Crippen molar-refractivity contribution in [2.24, 2.45) is 4.99 Å². The molecule has 1 atom stereocenters. The summed E-state index contributed by atoms with van der Waals surface area (Å²) in [6, 6.07) is 4.86. The number of rotatable bonds is 5. The summed E-state index contributed by atoms with van der Waals surface area (Å²) in [5.41, 5.74) is 0.104. The highest BCUT2D eigenvalue weighted by Gasteiger charge is 2.34. The maximum atomic E-state index is 12.8. The number of unbranched alkanes of at least 4 members (excludes halogenated alkanes) is 1. The van der Waals surface area contributed by atoms with Gasteiger partial charge in [-0.05, 0) is 31.5 Å². The second-order valence-electron chi connectivity index (χ2n) is 6.69. The first-order valence-corrected chi connectivity index (χ1v) is 10.0. The molecule has 1 aliphatic rings. The molecule has 1 unspecified atom stereocenters. The fraction of sp³-hybridized carbons (Fsp3) is 0.474. The lowest BCUT2D eigenvalue weighted by atomic mass is 10.0. The number of ether oxygens (including phenoxy) is 2. The third-order valence-corrected chi connectivity index (χ3v) is 6.06. The third kappa shape index (κ3) is 4.11. The lowest BCUT2D eigenvalue weighted by molar-refractivity contribution is -0.0599. The number of methoxy groups -OCH3 is 1. The van der Waals surface area contributed by atoms with Crippen LogP contribution in [0.15, 0.2) is 23.2 Å². The van der Waals surface area contributed by atoms with Crippen molar-refractivity contribution in [1.82, 2.24) is 4.57 Å². The van der Waals surface area contributed by atoms with E-state index in [9.17, 15) is 9.90 Å². The molecule has 3 rings (SSSR count). The zero-order chi connectivity index (χ0) is 19.6. The molecule has 0 aliphatic carbocycles. The number of benzene rings is 1. The number of carbonyl (C=O) groups excluding carboxylic acids is 1. The van der Waals surface area contributed by atoms with Gasteiger partial charge in [0.15, 0.2) is 4.80 Å². The minimum atomic E-state index is -1.09. The SMILES string of the molecule is CCCCn1c2c(s/c1=N\C(=O)c1cc(Cl)ccc1OC)C(C)(O)COC2. The van der Waals surface area contributed by atoms with Crippen LogP contribution in [0, 0.1) is 0 Å². The summed E-state index contributed by atoms with van der Waals surface area (Å²) < 4.78 is 12.8. The lowest BCUT2D eigenvalue weighted by Crippen LogP contribution is -2.33. The van der Waals surface area contributed by atoms with Gasteiger partial charge >= 0.3 is 0 Å². The molecule has 0 fully saturated rings. The summed E-state index contributed by atoms with van der Waals surface area (Å²) in [6.45, 7) is 5.16. The molecule has 2 heterocycles. The van der Waals surface area contributed by atoms with Crippen molar-refractivity contribution in [2.75, 3.05) is 13.7 Å². The molecule has 1 aliphatic heterocycles. The van der Waals surface area contributed by atoms with Gasteiger partial charge in [0, 0.05) is 11.6 Å². The Hall–Kier alpha value is -1.67. The summed E-state index contributed by atoms with van der Waals surface area (Å²) in [5.74, 6) is -0.0105. The smallest absolute Gasteiger partial charge is 0.283 e. The van der Waals surface area contributed by atoms with E-state index in [1.165, 1.54) is 18.4 Å². The fourth-order valence-corrected chi connectivity index (χ4v) is 4.40. The van der Waals surface area contributed by atoms with E-state index in [0.29, 0.717) is 34.3 Å². The second-order valence-corrected chi connectivity index (χ2v) is 8.11. The molecule has 0 radical (unpaired) electrons. The quantitative estimate of drug-likeness (QED) is 0.818. The van der Waals surface area contributed by atoms with Gasteiger partial charge in [-0.15, -0.1) is 0 Å². The van der Waals surface area contributed by atoms with Crippen molar-refractivity contribution >= 4 is 28.8 Å². The summed E-state index contributed by atoms with van der Waals surface area (Å²) in [6.07, 6.45) is 1.94. The summed E-state index contributed by atoms with van der Waals surface area (Å²) in [5, 5.41) is 11.1. The van der Waals surface area contributed by atoms with Gasteiger partial charge in [-0.3, -0.25) is 4.79 Å². The van der Waals surface area contributed by atoms with E-state index < -0.39 is 11.5 Å². The Morgan fingerprint density at radius 1 is 1.52 bits per heavy atom. The largest absolute Gasteiger partial charge is 0.496 e. The monoisotopic (exact) mass is 410 g/mol. The molecule has 2 aromatic rings. The first-order valence-electron chi connectivity index (χ1n) is 8.83. The summed E-state index contributed by atoms with van der Waals surface area (Å²) in [4.78, 5) is 18.5. The molecule has 1 N–H and O–H groups in total. The lowest BCUT2D eigenvalue weighted by Gasteiger charge is -2.28. The molecule has 1 aromatic heterocycles. The van der Waals surface area contributed by atoms with Gasteiger partial charge in [0.1, 0.15) is 11.4 Å². The highest BCUT2D eigenvalue weighted by atomic mass is 35.5. The van der Waals surface area contributed by atoms with Crippen LogP contribution in [0.25, 0.3) is 0 Å². The van der Waals surface area contributed by atoms with Crippen LogP contribution in [-0.4, -0.2) is 29.3 Å². The van der Waals surface area contributed by atoms with Gasteiger partial charge < -0.3 is 19.1 Å². The van der Waals surface area contributed by atoms with Crippen molar-refractivity contribution in [3.05, 3.63) is 44.2 Å². The predicted octanol–water partition coefficient (Wildman–Crippen LogP) is 3.49. The minimum absolute atomic E-state index is 0.226. The maximum absolute atomic E-state index is 12.8. The van der Waals surface area contributed by atoms with Crippen LogP contribution in [0.3, 0.4) is 0 Å². The Balaban J connectivity index is 2.11. The highest BCUT2D eigenvalue weighted by molar-refractivity contribution is 7.09. The van der Waals surface area contributed by atoms with Gasteiger partial charge in [-0.2, -0.15) is 4.99 Å². The van der Waals surface area contributed by atoms with Crippen LogP contribution in [0.5, 0.6) is 5.75 Å². The molecule has 0 bridgehead atoms. The predicted molar refractivity (Wildman–Crippen MR) is 104 cm³/mol. The molecule has 0 saturated heterocycles. The number of nitrogens with zero attached hydrogens (tertiary/aromatic N) is 2. The number of aliphatic hydroxyl groups is 1. The van der Waals surface area contributed by atoms with Crippen molar-refractivity contribution in [2.45, 2.75) is 45.4 Å². The Bertz CT molecular complexity index is 917. The van der Waals surface area contributed by atoms with Gasteiger partial charge in [0.25, 0.3) is 5.91 Å². The number of amides is 1. The Kier molecular flexibility index (Phi) is 6.05. The first-order chi connectivity index (χ1) is 12.9. The van der Waals surface area contributed by atoms with Crippen LogP contribution in [0.1, 0.15) is 47.6 Å². The van der Waals surface area contributed by atoms with Crippen LogP contribution in [-0.2, 0) is 23.5 Å². The molecule has 27 heavy (non-hydrogen) atoms. The van der Waals surface area contributed by atoms with Gasteiger partial charge in [-0.1, -0.05) is 36.3 Å². The maximum Gasteiger partial charge on any atom is 0.283 e. The first kappa shape index (κ1) is 20.1. The molecule has 6 nitrogen and oxygen atoms in total. The van der Waals surface area contributed by atoms with Crippen molar-refractivity contribution < 1.29 is 19.4 Å². The Morgan fingerprint density at radius 2 is 2.30 bits per heavy atom. The number of hydrogen-bond acceptors (Lipinski definition) is 5. The average molecular weight is 411 g/mol. The second kappa shape index (κ2) is 8.14. The Morgan fingerprint density at radius 3 is 3.00 bits per heavy atom. The molecule has 0 saturated carbocycles. The minimum Gasteiger partial charge on any atom is -0.496 e. The van der Waals surface area contributed by atoms with Gasteiger partial charge in [-0.25, -0.2) is 0 Å². The van der Waals surface area contributed by atoms with Crippen molar-refractivity contribution in [1.29, 1.82) is 0 Å². The zero-order valence-electron chi connectivity index (χ0n) is 15.6. The Labute approximate surface area is 167 Å². The number of thiazole rings is 1. The normalized spacial score (nSPS) is 19.8. The number of hydrogen-bond donors (Lipinski definition) is 1. The number of halogens is 1. The van der Waals surface area contributed by atoms with Gasteiger partial charge in [0.05, 0.1) is 36.5 Å². The van der Waals surface area contributed by atoms with Crippen LogP contribution >= 0.6 is 22.9 Å². The summed E-state index contributed by atoms with van der Waals surface area (Å²) >= 11 is 7.37. The van der Waals surface area contributed by atoms with Gasteiger partial charge in [0.2, 0.25) is 0 Å². The molecular formula is C19H23ClN2O4S. The van der Waals surface area contributed by atoms with Crippen LogP contribution in [0.2, 0.25) is 5.02 Å². The van der Waals surface area contributed by atoms with E-state index in [0.717, 1.165) is 23.4 Å². The number of aromatic nitrogens is 1. The van der Waals surface area contributed by atoms with E-state index >= 15 is 0 Å². The van der Waals surface area contributed by atoms with Crippen molar-refractivity contribution in [3.8, 4) is 5.75 Å². The average Bonchev–Trinajstić information content (AvgIpc) is 2.98. The van der Waals surface area contributed by atoms with E-state index in [1.54, 1.807) is 25.1 Å². The van der Waals surface area contributed by atoms with E-state index in [-0.39, 0.29) is 6.61 Å². The molecule has 8 heteroatoms. The highest BCUT2D eigenvalue weighted by Crippen LogP contribution is 2.32. The third-order valence-electron chi connectivity index (χ3n) is 4.45. The number of fused-ring (bicyclic) bond motifs is 1. The molecular weight excluding hydrogens is 388 g/mol. The van der Waals surface area contributed by atoms with E-state index in [1.807, 2.05) is 4.57 Å². The van der Waals surface area contributed by atoms with Crippen molar-refractivity contribution in [3.63, 3.8) is 0 Å². The molecule has 0 spiro atoms. The topological polar surface area (TPSA) is 73.1 Å². The van der Waals surface area contributed by atoms with E-state index in [2.05, 4.69) is 11.9 Å². The summed E-state index contributed by atoms with van der Waals surface area (Å²) in [7, 11) is 1.50. The van der Waals surface area contributed by atoms with E-state index in [4.69, 9.17) is 21.1 Å².